The number of rotatable bonds is 3. The molecular weight excluding hydrogens is 226 g/mol. The highest BCUT2D eigenvalue weighted by Gasteiger charge is 2.37. The topological polar surface area (TPSA) is 32.7 Å². The predicted molar refractivity (Wildman–Crippen MR) is 74.3 cm³/mol. The third kappa shape index (κ3) is 2.46. The second-order valence-corrected chi connectivity index (χ2v) is 5.39. The van der Waals surface area contributed by atoms with E-state index in [1.807, 2.05) is 19.1 Å². The summed E-state index contributed by atoms with van der Waals surface area (Å²) >= 11 is 0. The summed E-state index contributed by atoms with van der Waals surface area (Å²) in [6.07, 6.45) is 1.66. The average molecular weight is 249 g/mol. The fourth-order valence-electron chi connectivity index (χ4n) is 2.61. The van der Waals surface area contributed by atoms with Crippen LogP contribution in [0.4, 0.5) is 5.69 Å². The van der Waals surface area contributed by atoms with Crippen molar-refractivity contribution in [2.45, 2.75) is 45.3 Å². The van der Waals surface area contributed by atoms with Crippen LogP contribution in [-0.4, -0.2) is 29.9 Å². The standard InChI is InChI=1S/C15H23NO2/c1-4-18-13-9-7-12(8-10-13)16-11-5-6-14(17)15(16,2)3/h7-10,14,17H,4-6,11H2,1-3H3. The number of anilines is 1. The Bertz CT molecular complexity index is 386. The average Bonchev–Trinajstić information content (AvgIpc) is 2.34. The molecule has 1 fully saturated rings. The maximum absolute atomic E-state index is 10.1. The van der Waals surface area contributed by atoms with Crippen LogP contribution in [0.1, 0.15) is 33.6 Å². The molecule has 1 aromatic carbocycles. The van der Waals surface area contributed by atoms with E-state index < -0.39 is 0 Å². The molecule has 0 aromatic heterocycles. The van der Waals surface area contributed by atoms with Gasteiger partial charge in [0.15, 0.2) is 0 Å². The van der Waals surface area contributed by atoms with Gasteiger partial charge in [-0.3, -0.25) is 0 Å². The van der Waals surface area contributed by atoms with Crippen molar-refractivity contribution in [2.75, 3.05) is 18.1 Å². The molecule has 1 N–H and O–H groups in total. The summed E-state index contributed by atoms with van der Waals surface area (Å²) in [5.74, 6) is 0.900. The van der Waals surface area contributed by atoms with E-state index in [2.05, 4.69) is 30.9 Å². The summed E-state index contributed by atoms with van der Waals surface area (Å²) in [6.45, 7) is 7.88. The van der Waals surface area contributed by atoms with E-state index >= 15 is 0 Å². The minimum absolute atomic E-state index is 0.203. The molecule has 0 radical (unpaired) electrons. The van der Waals surface area contributed by atoms with Crippen molar-refractivity contribution in [3.8, 4) is 5.75 Å². The Balaban J connectivity index is 2.19. The maximum Gasteiger partial charge on any atom is 0.119 e. The van der Waals surface area contributed by atoms with Gasteiger partial charge in [0.1, 0.15) is 5.75 Å². The first-order valence-corrected chi connectivity index (χ1v) is 6.74. The molecule has 0 spiro atoms. The molecule has 100 valence electrons. The highest BCUT2D eigenvalue weighted by atomic mass is 16.5. The van der Waals surface area contributed by atoms with Gasteiger partial charge >= 0.3 is 0 Å². The molecule has 1 heterocycles. The number of nitrogens with zero attached hydrogens (tertiary/aromatic N) is 1. The number of hydrogen-bond donors (Lipinski definition) is 1. The van der Waals surface area contributed by atoms with Crippen molar-refractivity contribution in [3.05, 3.63) is 24.3 Å². The minimum Gasteiger partial charge on any atom is -0.494 e. The van der Waals surface area contributed by atoms with Gasteiger partial charge in [-0.1, -0.05) is 0 Å². The normalized spacial score (nSPS) is 22.9. The van der Waals surface area contributed by atoms with Gasteiger partial charge in [-0.2, -0.15) is 0 Å². The number of aliphatic hydroxyl groups excluding tert-OH is 1. The van der Waals surface area contributed by atoms with Gasteiger partial charge < -0.3 is 14.7 Å². The Labute approximate surface area is 109 Å². The molecule has 0 bridgehead atoms. The fraction of sp³-hybridized carbons (Fsp3) is 0.600. The second kappa shape index (κ2) is 5.19. The summed E-state index contributed by atoms with van der Waals surface area (Å²) in [6, 6.07) is 8.14. The van der Waals surface area contributed by atoms with E-state index in [0.29, 0.717) is 6.61 Å². The van der Waals surface area contributed by atoms with Crippen molar-refractivity contribution in [1.29, 1.82) is 0 Å². The quantitative estimate of drug-likeness (QED) is 0.894. The van der Waals surface area contributed by atoms with Gasteiger partial charge in [0.05, 0.1) is 18.2 Å². The molecule has 0 aliphatic carbocycles. The molecule has 2 rings (SSSR count). The molecule has 1 aromatic rings. The predicted octanol–water partition coefficient (Wildman–Crippen LogP) is 2.83. The molecule has 1 unspecified atom stereocenters. The number of hydrogen-bond acceptors (Lipinski definition) is 3. The van der Waals surface area contributed by atoms with Crippen molar-refractivity contribution >= 4 is 5.69 Å². The molecule has 3 nitrogen and oxygen atoms in total. The van der Waals surface area contributed by atoms with Crippen molar-refractivity contribution < 1.29 is 9.84 Å². The SMILES string of the molecule is CCOc1ccc(N2CCCC(O)C2(C)C)cc1. The van der Waals surface area contributed by atoms with Crippen LogP contribution in [0.3, 0.4) is 0 Å². The van der Waals surface area contributed by atoms with Crippen LogP contribution in [0.25, 0.3) is 0 Å². The molecule has 1 aliphatic rings. The van der Waals surface area contributed by atoms with Crippen molar-refractivity contribution in [2.24, 2.45) is 0 Å². The maximum atomic E-state index is 10.1. The first-order valence-electron chi connectivity index (χ1n) is 6.74. The van der Waals surface area contributed by atoms with Gasteiger partial charge in [0, 0.05) is 12.2 Å². The Morgan fingerprint density at radius 2 is 2.00 bits per heavy atom. The highest BCUT2D eigenvalue weighted by molar-refractivity contribution is 5.52. The zero-order chi connectivity index (χ0) is 13.2. The summed E-state index contributed by atoms with van der Waals surface area (Å²) in [4.78, 5) is 2.29. The van der Waals surface area contributed by atoms with E-state index in [-0.39, 0.29) is 11.6 Å². The zero-order valence-corrected chi connectivity index (χ0v) is 11.5. The van der Waals surface area contributed by atoms with Crippen LogP contribution in [0.2, 0.25) is 0 Å². The van der Waals surface area contributed by atoms with Crippen LogP contribution in [0.15, 0.2) is 24.3 Å². The number of aliphatic hydroxyl groups is 1. The van der Waals surface area contributed by atoms with E-state index in [0.717, 1.165) is 30.8 Å². The Morgan fingerprint density at radius 1 is 1.33 bits per heavy atom. The van der Waals surface area contributed by atoms with Crippen LogP contribution in [-0.2, 0) is 0 Å². The van der Waals surface area contributed by atoms with Gasteiger partial charge in [0.25, 0.3) is 0 Å². The minimum atomic E-state index is -0.266. The molecule has 1 atom stereocenters. The van der Waals surface area contributed by atoms with Gasteiger partial charge in [-0.25, -0.2) is 0 Å². The van der Waals surface area contributed by atoms with E-state index in [9.17, 15) is 5.11 Å². The summed E-state index contributed by atoms with van der Waals surface area (Å²) in [5, 5.41) is 10.1. The van der Waals surface area contributed by atoms with Crippen molar-refractivity contribution in [1.82, 2.24) is 0 Å². The highest BCUT2D eigenvalue weighted by Crippen LogP contribution is 2.33. The molecule has 0 saturated carbocycles. The van der Waals surface area contributed by atoms with Crippen LogP contribution in [0, 0.1) is 0 Å². The Hall–Kier alpha value is -1.22. The third-order valence-electron chi connectivity index (χ3n) is 3.83. The lowest BCUT2D eigenvalue weighted by molar-refractivity contribution is 0.0711. The largest absolute Gasteiger partial charge is 0.494 e. The van der Waals surface area contributed by atoms with Crippen LogP contribution in [0.5, 0.6) is 5.75 Å². The first kappa shape index (κ1) is 13.2. The smallest absolute Gasteiger partial charge is 0.119 e. The molecule has 18 heavy (non-hydrogen) atoms. The lowest BCUT2D eigenvalue weighted by Crippen LogP contribution is -2.56. The Morgan fingerprint density at radius 3 is 2.61 bits per heavy atom. The zero-order valence-electron chi connectivity index (χ0n) is 11.5. The Kier molecular flexibility index (Phi) is 3.81. The van der Waals surface area contributed by atoms with Gasteiger partial charge in [-0.05, 0) is 57.9 Å². The summed E-state index contributed by atoms with van der Waals surface area (Å²) < 4.78 is 5.45. The first-order chi connectivity index (χ1) is 8.55. The van der Waals surface area contributed by atoms with E-state index in [1.165, 1.54) is 0 Å². The van der Waals surface area contributed by atoms with E-state index in [4.69, 9.17) is 4.74 Å². The van der Waals surface area contributed by atoms with Crippen LogP contribution >= 0.6 is 0 Å². The lowest BCUT2D eigenvalue weighted by atomic mass is 9.87. The van der Waals surface area contributed by atoms with E-state index in [1.54, 1.807) is 0 Å². The molecule has 1 saturated heterocycles. The number of ether oxygens (including phenoxy) is 1. The number of piperidine rings is 1. The van der Waals surface area contributed by atoms with Gasteiger partial charge in [0.2, 0.25) is 0 Å². The monoisotopic (exact) mass is 249 g/mol. The third-order valence-corrected chi connectivity index (χ3v) is 3.83. The molecular formula is C15H23NO2. The summed E-state index contributed by atoms with van der Waals surface area (Å²) in [7, 11) is 0. The van der Waals surface area contributed by atoms with Crippen LogP contribution < -0.4 is 9.64 Å². The molecule has 0 amide bonds. The fourth-order valence-corrected chi connectivity index (χ4v) is 2.61. The second-order valence-electron chi connectivity index (χ2n) is 5.39. The van der Waals surface area contributed by atoms with Crippen molar-refractivity contribution in [3.63, 3.8) is 0 Å². The van der Waals surface area contributed by atoms with Gasteiger partial charge in [-0.15, -0.1) is 0 Å². The number of benzene rings is 1. The lowest BCUT2D eigenvalue weighted by Gasteiger charge is -2.47. The molecule has 1 aliphatic heterocycles. The summed E-state index contributed by atoms with van der Waals surface area (Å²) in [5.41, 5.74) is 0.952. The molecule has 3 heteroatoms.